The standard InChI is InChI=1S/C11H19NO2/c1-3-14-11(12)10(13)9-7-5-4-6-8(9)2/h10,12-13H,3-7H2,1-2H3. The maximum Gasteiger partial charge on any atom is 0.214 e. The van der Waals surface area contributed by atoms with Crippen molar-refractivity contribution in [1.82, 2.24) is 0 Å². The van der Waals surface area contributed by atoms with Gasteiger partial charge in [-0.25, -0.2) is 0 Å². The van der Waals surface area contributed by atoms with Crippen molar-refractivity contribution in [1.29, 1.82) is 5.41 Å². The van der Waals surface area contributed by atoms with Crippen LogP contribution in [0, 0.1) is 5.41 Å². The van der Waals surface area contributed by atoms with E-state index < -0.39 is 6.10 Å². The highest BCUT2D eigenvalue weighted by atomic mass is 16.5. The molecule has 80 valence electrons. The molecule has 0 spiro atoms. The first-order chi connectivity index (χ1) is 6.66. The quantitative estimate of drug-likeness (QED) is 0.414. The molecule has 0 radical (unpaired) electrons. The summed E-state index contributed by atoms with van der Waals surface area (Å²) in [6.07, 6.45) is 3.46. The number of rotatable bonds is 3. The van der Waals surface area contributed by atoms with Gasteiger partial charge in [-0.05, 0) is 45.1 Å². The summed E-state index contributed by atoms with van der Waals surface area (Å²) in [5.74, 6) is -0.0104. The van der Waals surface area contributed by atoms with Crippen molar-refractivity contribution in [3.05, 3.63) is 11.1 Å². The van der Waals surface area contributed by atoms with Crippen LogP contribution in [0.1, 0.15) is 39.5 Å². The monoisotopic (exact) mass is 197 g/mol. The van der Waals surface area contributed by atoms with Crippen LogP contribution in [0.25, 0.3) is 0 Å². The van der Waals surface area contributed by atoms with Gasteiger partial charge in [0.2, 0.25) is 5.90 Å². The summed E-state index contributed by atoms with van der Waals surface area (Å²) in [7, 11) is 0. The molecule has 0 saturated carbocycles. The SMILES string of the molecule is CCOC(=N)C(O)C1=C(C)CCCC1. The summed E-state index contributed by atoms with van der Waals surface area (Å²) >= 11 is 0. The van der Waals surface area contributed by atoms with Gasteiger partial charge in [-0.1, -0.05) is 5.57 Å². The molecule has 1 atom stereocenters. The number of hydrogen-bond acceptors (Lipinski definition) is 3. The number of ether oxygens (including phenoxy) is 1. The molecule has 0 heterocycles. The lowest BCUT2D eigenvalue weighted by Crippen LogP contribution is -2.26. The van der Waals surface area contributed by atoms with Crippen molar-refractivity contribution in [2.45, 2.75) is 45.6 Å². The second kappa shape index (κ2) is 5.15. The zero-order chi connectivity index (χ0) is 10.6. The van der Waals surface area contributed by atoms with Gasteiger partial charge in [0, 0.05) is 0 Å². The molecule has 3 heteroatoms. The second-order valence-electron chi connectivity index (χ2n) is 3.71. The summed E-state index contributed by atoms with van der Waals surface area (Å²) in [6.45, 7) is 4.31. The summed E-state index contributed by atoms with van der Waals surface area (Å²) in [5.41, 5.74) is 2.22. The summed E-state index contributed by atoms with van der Waals surface area (Å²) in [5, 5.41) is 17.4. The smallest absolute Gasteiger partial charge is 0.214 e. The first-order valence-electron chi connectivity index (χ1n) is 5.24. The first-order valence-corrected chi connectivity index (χ1v) is 5.24. The summed E-state index contributed by atoms with van der Waals surface area (Å²) < 4.78 is 5.00. The minimum atomic E-state index is -0.810. The van der Waals surface area contributed by atoms with E-state index in [1.807, 2.05) is 13.8 Å². The largest absolute Gasteiger partial charge is 0.479 e. The average Bonchev–Trinajstić information content (AvgIpc) is 2.18. The molecular weight excluding hydrogens is 178 g/mol. The predicted octanol–water partition coefficient (Wildman–Crippen LogP) is 2.25. The third-order valence-electron chi connectivity index (χ3n) is 2.67. The number of aliphatic hydroxyl groups is 1. The van der Waals surface area contributed by atoms with E-state index in [0.717, 1.165) is 24.8 Å². The van der Waals surface area contributed by atoms with Crippen LogP contribution in [0.5, 0.6) is 0 Å². The molecular formula is C11H19NO2. The van der Waals surface area contributed by atoms with E-state index in [9.17, 15) is 5.11 Å². The van der Waals surface area contributed by atoms with Crippen LogP contribution in [0.15, 0.2) is 11.1 Å². The Labute approximate surface area is 85.3 Å². The predicted molar refractivity (Wildman–Crippen MR) is 56.5 cm³/mol. The highest BCUT2D eigenvalue weighted by Crippen LogP contribution is 2.27. The first kappa shape index (κ1) is 11.2. The molecule has 0 aromatic carbocycles. The Balaban J connectivity index is 2.67. The van der Waals surface area contributed by atoms with Crippen LogP contribution in [-0.4, -0.2) is 23.7 Å². The van der Waals surface area contributed by atoms with E-state index in [2.05, 4.69) is 0 Å². The van der Waals surface area contributed by atoms with Crippen LogP contribution in [0.2, 0.25) is 0 Å². The van der Waals surface area contributed by atoms with Crippen LogP contribution in [-0.2, 0) is 4.74 Å². The fourth-order valence-electron chi connectivity index (χ4n) is 1.84. The highest BCUT2D eigenvalue weighted by Gasteiger charge is 2.21. The second-order valence-corrected chi connectivity index (χ2v) is 3.71. The van der Waals surface area contributed by atoms with Crippen LogP contribution < -0.4 is 0 Å². The minimum Gasteiger partial charge on any atom is -0.479 e. The van der Waals surface area contributed by atoms with E-state index in [-0.39, 0.29) is 5.90 Å². The van der Waals surface area contributed by atoms with Gasteiger partial charge in [-0.15, -0.1) is 0 Å². The molecule has 1 rings (SSSR count). The minimum absolute atomic E-state index is 0.0104. The van der Waals surface area contributed by atoms with Gasteiger partial charge in [-0.2, -0.15) is 0 Å². The Bertz CT molecular complexity index is 246. The average molecular weight is 197 g/mol. The van der Waals surface area contributed by atoms with Gasteiger partial charge in [0.1, 0.15) is 0 Å². The molecule has 14 heavy (non-hydrogen) atoms. The lowest BCUT2D eigenvalue weighted by molar-refractivity contribution is 0.207. The van der Waals surface area contributed by atoms with Gasteiger partial charge >= 0.3 is 0 Å². The van der Waals surface area contributed by atoms with E-state index in [0.29, 0.717) is 6.61 Å². The summed E-state index contributed by atoms with van der Waals surface area (Å²) in [4.78, 5) is 0. The molecule has 0 aromatic rings. The maximum atomic E-state index is 9.84. The number of hydrogen-bond donors (Lipinski definition) is 2. The van der Waals surface area contributed by atoms with E-state index in [1.165, 1.54) is 12.0 Å². The normalized spacial score (nSPS) is 19.4. The van der Waals surface area contributed by atoms with Crippen molar-refractivity contribution in [3.8, 4) is 0 Å². The lowest BCUT2D eigenvalue weighted by atomic mass is 9.89. The molecule has 0 saturated heterocycles. The Morgan fingerprint density at radius 2 is 2.14 bits per heavy atom. The van der Waals surface area contributed by atoms with Crippen LogP contribution in [0.3, 0.4) is 0 Å². The fourth-order valence-corrected chi connectivity index (χ4v) is 1.84. The molecule has 2 N–H and O–H groups in total. The fraction of sp³-hybridized carbons (Fsp3) is 0.727. The van der Waals surface area contributed by atoms with Gasteiger partial charge in [0.25, 0.3) is 0 Å². The molecule has 0 fully saturated rings. The zero-order valence-corrected chi connectivity index (χ0v) is 8.97. The van der Waals surface area contributed by atoms with Crippen molar-refractivity contribution < 1.29 is 9.84 Å². The van der Waals surface area contributed by atoms with E-state index in [1.54, 1.807) is 0 Å². The Morgan fingerprint density at radius 1 is 1.50 bits per heavy atom. The molecule has 0 aromatic heterocycles. The van der Waals surface area contributed by atoms with Crippen molar-refractivity contribution >= 4 is 5.90 Å². The van der Waals surface area contributed by atoms with Crippen molar-refractivity contribution in [3.63, 3.8) is 0 Å². The van der Waals surface area contributed by atoms with E-state index >= 15 is 0 Å². The maximum absolute atomic E-state index is 9.84. The molecule has 0 bridgehead atoms. The van der Waals surface area contributed by atoms with Gasteiger partial charge < -0.3 is 9.84 Å². The van der Waals surface area contributed by atoms with Gasteiger partial charge in [0.05, 0.1) is 6.61 Å². The molecule has 0 aliphatic heterocycles. The highest BCUT2D eigenvalue weighted by molar-refractivity contribution is 5.81. The topological polar surface area (TPSA) is 53.3 Å². The third-order valence-corrected chi connectivity index (χ3v) is 2.67. The number of allylic oxidation sites excluding steroid dienone is 1. The lowest BCUT2D eigenvalue weighted by Gasteiger charge is -2.22. The third kappa shape index (κ3) is 2.58. The summed E-state index contributed by atoms with van der Waals surface area (Å²) in [6, 6.07) is 0. The van der Waals surface area contributed by atoms with Crippen molar-refractivity contribution in [2.75, 3.05) is 6.61 Å². The van der Waals surface area contributed by atoms with Crippen LogP contribution in [0.4, 0.5) is 0 Å². The van der Waals surface area contributed by atoms with Gasteiger partial charge in [-0.3, -0.25) is 5.41 Å². The Hall–Kier alpha value is -0.830. The molecule has 3 nitrogen and oxygen atoms in total. The molecule has 1 aliphatic rings. The number of aliphatic hydroxyl groups excluding tert-OH is 1. The zero-order valence-electron chi connectivity index (χ0n) is 8.97. The Kier molecular flexibility index (Phi) is 4.14. The van der Waals surface area contributed by atoms with Gasteiger partial charge in [0.15, 0.2) is 6.10 Å². The molecule has 1 unspecified atom stereocenters. The van der Waals surface area contributed by atoms with E-state index in [4.69, 9.17) is 10.1 Å². The number of nitrogens with one attached hydrogen (secondary N) is 1. The van der Waals surface area contributed by atoms with Crippen LogP contribution >= 0.6 is 0 Å². The Morgan fingerprint density at radius 3 is 2.71 bits per heavy atom. The molecule has 0 amide bonds. The van der Waals surface area contributed by atoms with Crippen molar-refractivity contribution in [2.24, 2.45) is 0 Å². The molecule has 1 aliphatic carbocycles.